The fourth-order valence-corrected chi connectivity index (χ4v) is 2.11. The smallest absolute Gasteiger partial charge is 0.352 e. The van der Waals surface area contributed by atoms with Crippen molar-refractivity contribution >= 4 is 11.8 Å². The zero-order valence-electron chi connectivity index (χ0n) is 14.0. The largest absolute Gasteiger partial charge is 0.416 e. The van der Waals surface area contributed by atoms with Crippen molar-refractivity contribution in [1.82, 2.24) is 10.6 Å². The van der Waals surface area contributed by atoms with Crippen molar-refractivity contribution in [3.8, 4) is 0 Å². The van der Waals surface area contributed by atoms with Gasteiger partial charge >= 0.3 is 6.18 Å². The van der Waals surface area contributed by atoms with Gasteiger partial charge in [-0.1, -0.05) is 12.1 Å². The minimum Gasteiger partial charge on any atom is -0.352 e. The molecular weight excluding hydrogens is 323 g/mol. The molecule has 0 bridgehead atoms. The lowest BCUT2D eigenvalue weighted by Gasteiger charge is -2.15. The van der Waals surface area contributed by atoms with Crippen LogP contribution in [-0.4, -0.2) is 38.0 Å². The van der Waals surface area contributed by atoms with E-state index < -0.39 is 11.7 Å². The van der Waals surface area contributed by atoms with Crippen LogP contribution in [0.3, 0.4) is 0 Å². The van der Waals surface area contributed by atoms with Crippen LogP contribution in [0.2, 0.25) is 0 Å². The van der Waals surface area contributed by atoms with Gasteiger partial charge in [-0.2, -0.15) is 13.2 Å². The minimum absolute atomic E-state index is 0.00220. The summed E-state index contributed by atoms with van der Waals surface area (Å²) in [5.41, 5.74) is 0.00339. The highest BCUT2D eigenvalue weighted by Gasteiger charge is 2.30. The van der Waals surface area contributed by atoms with Crippen LogP contribution < -0.4 is 15.5 Å². The van der Waals surface area contributed by atoms with Gasteiger partial charge in [0.05, 0.1) is 19.2 Å². The normalized spacial score (nSPS) is 12.8. The first kappa shape index (κ1) is 20.0. The Kier molecular flexibility index (Phi) is 7.21. The van der Waals surface area contributed by atoms with Crippen LogP contribution in [0.4, 0.5) is 13.2 Å². The van der Waals surface area contributed by atoms with E-state index in [1.54, 1.807) is 7.05 Å². The standard InChI is InChI=1S/C16H22F3N3O2/c1-11(2)21-14(23)8-20-15(24)10-22(3)9-12-4-6-13(7-5-12)16(17,18)19/h4-7,11H,8-10H2,1-3H3,(H,20,24)(H,21,23)/p+1. The highest BCUT2D eigenvalue weighted by Crippen LogP contribution is 2.28. The van der Waals surface area contributed by atoms with Gasteiger partial charge in [0.25, 0.3) is 5.91 Å². The molecular formula is C16H23F3N3O2+. The van der Waals surface area contributed by atoms with Gasteiger partial charge < -0.3 is 15.5 Å². The molecule has 0 fully saturated rings. The van der Waals surface area contributed by atoms with Crippen molar-refractivity contribution in [2.24, 2.45) is 0 Å². The number of rotatable bonds is 7. The molecule has 0 spiro atoms. The van der Waals surface area contributed by atoms with Gasteiger partial charge in [0, 0.05) is 11.6 Å². The molecule has 1 atom stereocenters. The van der Waals surface area contributed by atoms with Gasteiger partial charge in [-0.25, -0.2) is 0 Å². The van der Waals surface area contributed by atoms with Crippen molar-refractivity contribution in [3.63, 3.8) is 0 Å². The summed E-state index contributed by atoms with van der Waals surface area (Å²) in [6.45, 7) is 4.08. The summed E-state index contributed by atoms with van der Waals surface area (Å²) in [7, 11) is 1.76. The third-order valence-electron chi connectivity index (χ3n) is 3.15. The minimum atomic E-state index is -4.35. The second-order valence-electron chi connectivity index (χ2n) is 6.00. The summed E-state index contributed by atoms with van der Waals surface area (Å²) in [6, 6.07) is 4.86. The molecule has 0 aliphatic heterocycles. The summed E-state index contributed by atoms with van der Waals surface area (Å²) >= 11 is 0. The van der Waals surface area contributed by atoms with Gasteiger partial charge in [-0.05, 0) is 26.0 Å². The molecule has 0 aromatic heterocycles. The molecule has 1 aromatic carbocycles. The number of hydrogen-bond donors (Lipinski definition) is 3. The number of likely N-dealkylation sites (N-methyl/N-ethyl adjacent to an activating group) is 1. The van der Waals surface area contributed by atoms with E-state index in [0.29, 0.717) is 12.1 Å². The molecule has 8 heteroatoms. The quantitative estimate of drug-likeness (QED) is 0.668. The monoisotopic (exact) mass is 346 g/mol. The van der Waals surface area contributed by atoms with E-state index in [1.807, 2.05) is 13.8 Å². The number of benzene rings is 1. The van der Waals surface area contributed by atoms with Gasteiger partial charge in [0.2, 0.25) is 5.91 Å². The van der Waals surface area contributed by atoms with E-state index in [9.17, 15) is 22.8 Å². The zero-order valence-corrected chi connectivity index (χ0v) is 14.0. The molecule has 1 rings (SSSR count). The Bertz CT molecular complexity index is 557. The second kappa shape index (κ2) is 8.68. The number of alkyl halides is 3. The molecule has 2 amide bonds. The topological polar surface area (TPSA) is 62.6 Å². The lowest BCUT2D eigenvalue weighted by Crippen LogP contribution is -3.08. The Labute approximate surface area is 139 Å². The molecule has 1 unspecified atom stereocenters. The Morgan fingerprint density at radius 2 is 1.71 bits per heavy atom. The number of halogens is 3. The predicted octanol–water partition coefficient (Wildman–Crippen LogP) is 0.361. The Morgan fingerprint density at radius 1 is 1.12 bits per heavy atom. The molecule has 1 aromatic rings. The third kappa shape index (κ3) is 7.45. The number of carbonyl (C=O) groups is 2. The molecule has 3 N–H and O–H groups in total. The number of amides is 2. The molecule has 0 heterocycles. The van der Waals surface area contributed by atoms with Gasteiger partial charge in [0.1, 0.15) is 6.54 Å². The van der Waals surface area contributed by atoms with Crippen LogP contribution in [0.5, 0.6) is 0 Å². The fraction of sp³-hybridized carbons (Fsp3) is 0.500. The number of carbonyl (C=O) groups excluding carboxylic acids is 2. The lowest BCUT2D eigenvalue weighted by atomic mass is 10.1. The summed E-state index contributed by atoms with van der Waals surface area (Å²) in [5.74, 6) is -0.558. The first-order chi connectivity index (χ1) is 11.1. The second-order valence-corrected chi connectivity index (χ2v) is 6.00. The average molecular weight is 346 g/mol. The molecule has 0 radical (unpaired) electrons. The maximum Gasteiger partial charge on any atom is 0.416 e. The maximum absolute atomic E-state index is 12.5. The highest BCUT2D eigenvalue weighted by atomic mass is 19.4. The van der Waals surface area contributed by atoms with E-state index in [4.69, 9.17) is 0 Å². The van der Waals surface area contributed by atoms with Crippen molar-refractivity contribution in [2.45, 2.75) is 32.6 Å². The zero-order chi connectivity index (χ0) is 18.3. The highest BCUT2D eigenvalue weighted by molar-refractivity contribution is 5.85. The maximum atomic E-state index is 12.5. The van der Waals surface area contributed by atoms with E-state index in [2.05, 4.69) is 10.6 Å². The van der Waals surface area contributed by atoms with Crippen LogP contribution in [0.25, 0.3) is 0 Å². The molecule has 5 nitrogen and oxygen atoms in total. The third-order valence-corrected chi connectivity index (χ3v) is 3.15. The lowest BCUT2D eigenvalue weighted by molar-refractivity contribution is -0.885. The Hall–Kier alpha value is -2.09. The average Bonchev–Trinajstić information content (AvgIpc) is 2.44. The number of nitrogens with one attached hydrogen (secondary N) is 3. The molecule has 0 aliphatic rings. The molecule has 0 saturated heterocycles. The predicted molar refractivity (Wildman–Crippen MR) is 83.2 cm³/mol. The summed E-state index contributed by atoms with van der Waals surface area (Å²) in [5, 5.41) is 5.17. The van der Waals surface area contributed by atoms with Gasteiger partial charge in [0.15, 0.2) is 6.54 Å². The van der Waals surface area contributed by atoms with Crippen LogP contribution in [0.1, 0.15) is 25.0 Å². The molecule has 0 aliphatic carbocycles. The van der Waals surface area contributed by atoms with E-state index in [1.165, 1.54) is 12.1 Å². The van der Waals surface area contributed by atoms with Gasteiger partial charge in [-0.15, -0.1) is 0 Å². The van der Waals surface area contributed by atoms with Crippen LogP contribution >= 0.6 is 0 Å². The van der Waals surface area contributed by atoms with Crippen molar-refractivity contribution in [1.29, 1.82) is 0 Å². The van der Waals surface area contributed by atoms with Crippen LogP contribution in [0, 0.1) is 0 Å². The van der Waals surface area contributed by atoms with Crippen molar-refractivity contribution < 1.29 is 27.7 Å². The summed E-state index contributed by atoms with van der Waals surface area (Å²) in [6.07, 6.45) is -4.35. The van der Waals surface area contributed by atoms with E-state index in [-0.39, 0.29) is 30.9 Å². The summed E-state index contributed by atoms with van der Waals surface area (Å²) < 4.78 is 37.5. The van der Waals surface area contributed by atoms with Gasteiger partial charge in [-0.3, -0.25) is 9.59 Å². The molecule has 24 heavy (non-hydrogen) atoms. The van der Waals surface area contributed by atoms with Crippen molar-refractivity contribution in [2.75, 3.05) is 20.1 Å². The Morgan fingerprint density at radius 3 is 2.21 bits per heavy atom. The Balaban J connectivity index is 2.41. The molecule has 0 saturated carbocycles. The molecule has 134 valence electrons. The van der Waals surface area contributed by atoms with Crippen LogP contribution in [-0.2, 0) is 22.3 Å². The van der Waals surface area contributed by atoms with Crippen molar-refractivity contribution in [3.05, 3.63) is 35.4 Å². The SMILES string of the molecule is CC(C)NC(=O)CNC(=O)C[NH+](C)Cc1ccc(C(F)(F)F)cc1. The number of quaternary nitrogens is 1. The van der Waals surface area contributed by atoms with E-state index in [0.717, 1.165) is 17.0 Å². The first-order valence-corrected chi connectivity index (χ1v) is 7.61. The fourth-order valence-electron chi connectivity index (χ4n) is 2.11. The van der Waals surface area contributed by atoms with Crippen LogP contribution in [0.15, 0.2) is 24.3 Å². The van der Waals surface area contributed by atoms with E-state index >= 15 is 0 Å². The summed E-state index contributed by atoms with van der Waals surface area (Å²) in [4.78, 5) is 24.0. The number of hydrogen-bond acceptors (Lipinski definition) is 2. The first-order valence-electron chi connectivity index (χ1n) is 7.61.